The minimum absolute atomic E-state index is 0.0809. The molecule has 0 bridgehead atoms. The van der Waals surface area contributed by atoms with Crippen LogP contribution in [0.2, 0.25) is 0 Å². The fourth-order valence-electron chi connectivity index (χ4n) is 11.0. The minimum atomic E-state index is -0.337. The second-order valence-electron chi connectivity index (χ2n) is 14.6. The molecule has 3 N–H and O–H groups in total. The molecule has 0 aromatic carbocycles. The highest BCUT2D eigenvalue weighted by atomic mass is 16.5. The smallest absolute Gasteiger partial charge is 0.306 e. The van der Waals surface area contributed by atoms with Crippen LogP contribution in [0.25, 0.3) is 0 Å². The van der Waals surface area contributed by atoms with Gasteiger partial charge in [0.25, 0.3) is 0 Å². The molecule has 37 heavy (non-hydrogen) atoms. The van der Waals surface area contributed by atoms with Gasteiger partial charge in [-0.1, -0.05) is 40.5 Å². The number of carbonyl (C=O) groups is 1. The highest BCUT2D eigenvalue weighted by molar-refractivity contribution is 5.69. The summed E-state index contributed by atoms with van der Waals surface area (Å²) in [6.45, 7) is 10.1. The first kappa shape index (κ1) is 27.9. The Labute approximate surface area is 225 Å². The van der Waals surface area contributed by atoms with Gasteiger partial charge in [0, 0.05) is 0 Å². The van der Waals surface area contributed by atoms with Gasteiger partial charge in [-0.3, -0.25) is 4.79 Å². The second kappa shape index (κ2) is 10.7. The predicted molar refractivity (Wildman–Crippen MR) is 144 cm³/mol. The Hall–Kier alpha value is -0.650. The van der Waals surface area contributed by atoms with Crippen LogP contribution in [0.3, 0.4) is 0 Å². The number of hydrogen-bond donors (Lipinski definition) is 3. The molecular formula is C32H54O5. The standard InChI is InChI=1S/C32H54O5/c1-5-22-26-18-21(33)11-14-32(26,4)25-12-15-31(3)23(9-10-24(31)29(25)30(22)36)19(2)13-16-37-28(35)17-20-7-6-8-27(20)34/h19-27,29-30,33-34,36H,5-18H2,1-4H3/t19-,20-,21-,22-,23-,24+,25+,26+,27-,29+,30-,31-,32-/m1/s1. The van der Waals surface area contributed by atoms with Crippen LogP contribution in [0.1, 0.15) is 111 Å². The first-order valence-corrected chi connectivity index (χ1v) is 15.8. The molecule has 5 rings (SSSR count). The number of esters is 1. The number of rotatable bonds is 7. The van der Waals surface area contributed by atoms with Crippen molar-refractivity contribution in [2.24, 2.45) is 58.2 Å². The lowest BCUT2D eigenvalue weighted by atomic mass is 9.41. The van der Waals surface area contributed by atoms with E-state index in [1.54, 1.807) is 0 Å². The van der Waals surface area contributed by atoms with Crippen LogP contribution in [0.15, 0.2) is 0 Å². The Morgan fingerprint density at radius 3 is 2.38 bits per heavy atom. The van der Waals surface area contributed by atoms with E-state index in [2.05, 4.69) is 27.7 Å². The molecule has 13 atom stereocenters. The molecule has 0 aliphatic heterocycles. The summed E-state index contributed by atoms with van der Waals surface area (Å²) in [6, 6.07) is 0. The minimum Gasteiger partial charge on any atom is -0.466 e. The lowest BCUT2D eigenvalue weighted by Crippen LogP contribution is -2.62. The van der Waals surface area contributed by atoms with Crippen LogP contribution in [0.4, 0.5) is 0 Å². The zero-order valence-electron chi connectivity index (χ0n) is 23.9. The lowest BCUT2D eigenvalue weighted by molar-refractivity contribution is -0.203. The summed E-state index contributed by atoms with van der Waals surface area (Å²) < 4.78 is 5.65. The van der Waals surface area contributed by atoms with E-state index in [9.17, 15) is 20.1 Å². The fraction of sp³-hybridized carbons (Fsp3) is 0.969. The van der Waals surface area contributed by atoms with Crippen LogP contribution in [0.5, 0.6) is 0 Å². The summed E-state index contributed by atoms with van der Waals surface area (Å²) in [5.41, 5.74) is 0.491. The maximum atomic E-state index is 12.4. The highest BCUT2D eigenvalue weighted by Crippen LogP contribution is 2.69. The van der Waals surface area contributed by atoms with Crippen molar-refractivity contribution in [2.45, 2.75) is 129 Å². The molecule has 0 aromatic rings. The SMILES string of the molecule is CC[C@H]1[C@@H](O)[C@@H]2[C@H](CC[C@]3(C)[C@@H]([C@H](C)CCOC(=O)C[C@H]4CCC[C@H]4O)CC[C@@H]23)[C@@]2(C)CC[C@@H](O)C[C@@H]12. The quantitative estimate of drug-likeness (QED) is 0.375. The Morgan fingerprint density at radius 2 is 1.68 bits per heavy atom. The fourth-order valence-corrected chi connectivity index (χ4v) is 11.0. The largest absolute Gasteiger partial charge is 0.466 e. The molecule has 5 heteroatoms. The predicted octanol–water partition coefficient (Wildman–Crippen LogP) is 5.73. The van der Waals surface area contributed by atoms with Crippen molar-refractivity contribution < 1.29 is 24.9 Å². The van der Waals surface area contributed by atoms with E-state index in [1.165, 1.54) is 25.7 Å². The van der Waals surface area contributed by atoms with Gasteiger partial charge in [-0.05, 0) is 122 Å². The molecule has 5 fully saturated rings. The maximum absolute atomic E-state index is 12.4. The molecule has 0 unspecified atom stereocenters. The first-order chi connectivity index (χ1) is 17.6. The summed E-state index contributed by atoms with van der Waals surface area (Å²) in [6.07, 6.45) is 12.0. The molecule has 0 saturated heterocycles. The third-order valence-electron chi connectivity index (χ3n) is 13.0. The van der Waals surface area contributed by atoms with Crippen molar-refractivity contribution in [1.29, 1.82) is 0 Å². The van der Waals surface area contributed by atoms with Gasteiger partial charge in [-0.15, -0.1) is 0 Å². The van der Waals surface area contributed by atoms with E-state index in [4.69, 9.17) is 4.74 Å². The number of aliphatic hydroxyl groups is 3. The summed E-state index contributed by atoms with van der Waals surface area (Å²) >= 11 is 0. The van der Waals surface area contributed by atoms with Crippen LogP contribution < -0.4 is 0 Å². The zero-order valence-corrected chi connectivity index (χ0v) is 23.9. The number of carbonyl (C=O) groups excluding carboxylic acids is 1. The molecule has 0 aromatic heterocycles. The van der Waals surface area contributed by atoms with Crippen LogP contribution >= 0.6 is 0 Å². The number of fused-ring (bicyclic) bond motifs is 5. The van der Waals surface area contributed by atoms with Crippen molar-refractivity contribution in [3.05, 3.63) is 0 Å². The molecule has 5 aliphatic rings. The van der Waals surface area contributed by atoms with Gasteiger partial charge in [0.15, 0.2) is 0 Å². The molecule has 0 radical (unpaired) electrons. The normalized spacial score (nSPS) is 50.1. The van der Waals surface area contributed by atoms with E-state index < -0.39 is 0 Å². The summed E-state index contributed by atoms with van der Waals surface area (Å²) in [5.74, 6) is 3.31. The Balaban J connectivity index is 1.23. The van der Waals surface area contributed by atoms with Crippen LogP contribution in [-0.4, -0.2) is 46.2 Å². The molecule has 5 saturated carbocycles. The van der Waals surface area contributed by atoms with Gasteiger partial charge in [-0.2, -0.15) is 0 Å². The second-order valence-corrected chi connectivity index (χ2v) is 14.6. The molecule has 0 amide bonds. The van der Waals surface area contributed by atoms with Crippen molar-refractivity contribution >= 4 is 5.97 Å². The Bertz CT molecular complexity index is 815. The maximum Gasteiger partial charge on any atom is 0.306 e. The number of hydrogen-bond acceptors (Lipinski definition) is 5. The van der Waals surface area contributed by atoms with E-state index >= 15 is 0 Å². The Morgan fingerprint density at radius 1 is 0.946 bits per heavy atom. The van der Waals surface area contributed by atoms with Gasteiger partial charge < -0.3 is 20.1 Å². The molecule has 5 aliphatic carbocycles. The van der Waals surface area contributed by atoms with Crippen LogP contribution in [0, 0.1) is 58.2 Å². The van der Waals surface area contributed by atoms with Crippen LogP contribution in [-0.2, 0) is 9.53 Å². The molecule has 0 spiro atoms. The zero-order chi connectivity index (χ0) is 26.5. The Kier molecular flexibility index (Phi) is 8.09. The monoisotopic (exact) mass is 518 g/mol. The summed E-state index contributed by atoms with van der Waals surface area (Å²) in [7, 11) is 0. The molecular weight excluding hydrogens is 464 g/mol. The number of ether oxygens (including phenoxy) is 1. The summed E-state index contributed by atoms with van der Waals surface area (Å²) in [5, 5.41) is 32.4. The lowest BCUT2D eigenvalue weighted by Gasteiger charge is -2.64. The van der Waals surface area contributed by atoms with Crippen molar-refractivity contribution in [2.75, 3.05) is 6.61 Å². The first-order valence-electron chi connectivity index (χ1n) is 15.8. The number of aliphatic hydroxyl groups excluding tert-OH is 3. The third-order valence-corrected chi connectivity index (χ3v) is 13.0. The van der Waals surface area contributed by atoms with Crippen molar-refractivity contribution in [1.82, 2.24) is 0 Å². The highest BCUT2D eigenvalue weighted by Gasteiger charge is 2.64. The topological polar surface area (TPSA) is 87.0 Å². The van der Waals surface area contributed by atoms with Gasteiger partial charge in [0.2, 0.25) is 0 Å². The van der Waals surface area contributed by atoms with E-state index in [1.807, 2.05) is 0 Å². The van der Waals surface area contributed by atoms with E-state index in [-0.39, 0.29) is 41.0 Å². The molecule has 0 heterocycles. The van der Waals surface area contributed by atoms with E-state index in [0.29, 0.717) is 54.5 Å². The van der Waals surface area contributed by atoms with Gasteiger partial charge in [0.05, 0.1) is 31.3 Å². The van der Waals surface area contributed by atoms with Crippen molar-refractivity contribution in [3.63, 3.8) is 0 Å². The van der Waals surface area contributed by atoms with Crippen molar-refractivity contribution in [3.8, 4) is 0 Å². The van der Waals surface area contributed by atoms with Gasteiger partial charge in [-0.25, -0.2) is 0 Å². The van der Waals surface area contributed by atoms with Gasteiger partial charge in [0.1, 0.15) is 0 Å². The average molecular weight is 519 g/mol. The molecule has 5 nitrogen and oxygen atoms in total. The average Bonchev–Trinajstić information content (AvgIpc) is 3.42. The third kappa shape index (κ3) is 4.82. The van der Waals surface area contributed by atoms with E-state index in [0.717, 1.165) is 51.4 Å². The molecule has 212 valence electrons. The summed E-state index contributed by atoms with van der Waals surface area (Å²) in [4.78, 5) is 12.4. The van der Waals surface area contributed by atoms with Gasteiger partial charge >= 0.3 is 5.97 Å².